The first kappa shape index (κ1) is 42.9. The number of hydrogen-bond acceptors (Lipinski definition) is 4. The van der Waals surface area contributed by atoms with E-state index in [0.29, 0.717) is 9.79 Å². The summed E-state index contributed by atoms with van der Waals surface area (Å²) >= 11 is -7.23. The van der Waals surface area contributed by atoms with Gasteiger partial charge in [0.2, 0.25) is 0 Å². The number of anilines is 6. The van der Waals surface area contributed by atoms with E-state index >= 15 is 8.42 Å². The molecule has 10 aromatic rings. The summed E-state index contributed by atoms with van der Waals surface area (Å²) in [4.78, 5) is 5.48. The molecule has 336 valence electrons. The van der Waals surface area contributed by atoms with E-state index in [2.05, 4.69) is 254 Å². The maximum atomic E-state index is 15.1. The standard InChI is InChI=1S/C63H48Ge2N2O2S/c1-63(2)51-43-49(66-57-35-19-15-31-53(57)64(45-23-7-3-8-24-45,46-25-9-4-10-26-46)54-32-16-20-36-58(54)66)39-41-61(51)70(68,69)62-42-40-50(44-52(62)63)67-59-37-21-17-33-55(59)65(47-27-11-5-12-28-47,48-29-13-6-14-30-48)56-34-18-22-38-60(56)67/h3-44H,1-2H3. The van der Waals surface area contributed by atoms with Crippen LogP contribution in [0.1, 0.15) is 25.0 Å². The molecule has 10 aromatic carbocycles. The van der Waals surface area contributed by atoms with Crippen LogP contribution in [0.25, 0.3) is 0 Å². The molecule has 0 aromatic heterocycles. The molecule has 0 amide bonds. The van der Waals surface area contributed by atoms with E-state index in [1.165, 1.54) is 35.2 Å². The average Bonchev–Trinajstić information content (AvgIpc) is 3.42. The van der Waals surface area contributed by atoms with Gasteiger partial charge in [-0.05, 0) is 0 Å². The van der Waals surface area contributed by atoms with Crippen molar-refractivity contribution in [2.24, 2.45) is 0 Å². The average molecular weight is 1040 g/mol. The van der Waals surface area contributed by atoms with E-state index in [-0.39, 0.29) is 0 Å². The number of fused-ring (bicyclic) bond motifs is 6. The zero-order valence-corrected chi connectivity index (χ0v) is 43.9. The van der Waals surface area contributed by atoms with Crippen molar-refractivity contribution in [1.82, 2.24) is 0 Å². The summed E-state index contributed by atoms with van der Waals surface area (Å²) in [7, 11) is -3.91. The normalized spacial score (nSPS) is 16.1. The molecule has 7 heteroatoms. The third kappa shape index (κ3) is 5.98. The number of hydrogen-bond donors (Lipinski definition) is 0. The van der Waals surface area contributed by atoms with Crippen LogP contribution in [0.2, 0.25) is 0 Å². The van der Waals surface area contributed by atoms with Crippen LogP contribution >= 0.6 is 0 Å². The fourth-order valence-electron chi connectivity index (χ4n) is 12.4. The van der Waals surface area contributed by atoms with Gasteiger partial charge < -0.3 is 0 Å². The minimum atomic E-state index is -3.91. The zero-order chi connectivity index (χ0) is 47.2. The Bertz CT molecular complexity index is 3370. The van der Waals surface area contributed by atoms with Crippen LogP contribution in [-0.4, -0.2) is 34.9 Å². The first-order valence-electron chi connectivity index (χ1n) is 24.0. The Labute approximate surface area is 415 Å². The molecule has 0 spiro atoms. The van der Waals surface area contributed by atoms with E-state index in [1.54, 1.807) is 0 Å². The molecule has 0 radical (unpaired) electrons. The van der Waals surface area contributed by atoms with Crippen molar-refractivity contribution in [3.63, 3.8) is 0 Å². The monoisotopic (exact) mass is 1040 g/mol. The fourth-order valence-corrected chi connectivity index (χ4v) is 35.8. The van der Waals surface area contributed by atoms with Crippen LogP contribution < -0.4 is 45.0 Å². The molecule has 70 heavy (non-hydrogen) atoms. The van der Waals surface area contributed by atoms with Crippen LogP contribution in [0.15, 0.2) is 265 Å². The van der Waals surface area contributed by atoms with Crippen molar-refractivity contribution in [2.45, 2.75) is 29.1 Å². The van der Waals surface area contributed by atoms with E-state index in [1.807, 2.05) is 24.3 Å². The van der Waals surface area contributed by atoms with Gasteiger partial charge in [-0.15, -0.1) is 0 Å². The third-order valence-electron chi connectivity index (χ3n) is 15.4. The first-order chi connectivity index (χ1) is 34.3. The fraction of sp³-hybridized carbons (Fsp3) is 0.0476. The molecule has 0 unspecified atom stereocenters. The molecule has 0 atom stereocenters. The van der Waals surface area contributed by atoms with Crippen LogP contribution in [0.3, 0.4) is 0 Å². The summed E-state index contributed by atoms with van der Waals surface area (Å²) in [6.07, 6.45) is 0. The zero-order valence-electron chi connectivity index (χ0n) is 38.9. The minimum absolute atomic E-state index is 0.359. The van der Waals surface area contributed by atoms with Gasteiger partial charge in [-0.3, -0.25) is 0 Å². The molecule has 0 N–H and O–H groups in total. The van der Waals surface area contributed by atoms with Crippen LogP contribution in [0, 0.1) is 0 Å². The summed E-state index contributed by atoms with van der Waals surface area (Å²) < 4.78 is 41.1. The van der Waals surface area contributed by atoms with Gasteiger partial charge in [0.15, 0.2) is 0 Å². The van der Waals surface area contributed by atoms with Gasteiger partial charge in [0.05, 0.1) is 0 Å². The van der Waals surface area contributed by atoms with Gasteiger partial charge in [0.25, 0.3) is 0 Å². The second-order valence-corrected chi connectivity index (χ2v) is 36.7. The molecule has 0 fully saturated rings. The quantitative estimate of drug-likeness (QED) is 0.156. The number of sulfone groups is 1. The Kier molecular flexibility index (Phi) is 9.93. The second-order valence-electron chi connectivity index (χ2n) is 19.2. The number of benzene rings is 10. The molecule has 13 rings (SSSR count). The summed E-state index contributed by atoms with van der Waals surface area (Å²) in [5.74, 6) is 0. The van der Waals surface area contributed by atoms with Crippen molar-refractivity contribution in [3.8, 4) is 0 Å². The number of rotatable bonds is 6. The first-order valence-corrected chi connectivity index (χ1v) is 33.9. The van der Waals surface area contributed by atoms with Gasteiger partial charge in [0, 0.05) is 0 Å². The maximum absolute atomic E-state index is 15.1. The van der Waals surface area contributed by atoms with Crippen LogP contribution in [0.4, 0.5) is 34.1 Å². The Morgan fingerprint density at radius 3 is 0.871 bits per heavy atom. The summed E-state index contributed by atoms with van der Waals surface area (Å²) in [6.45, 7) is 4.39. The van der Waals surface area contributed by atoms with Gasteiger partial charge in [-0.2, -0.15) is 0 Å². The number of para-hydroxylation sites is 4. The number of nitrogens with zero attached hydrogens (tertiary/aromatic N) is 2. The van der Waals surface area contributed by atoms with Crippen molar-refractivity contribution in [3.05, 3.63) is 266 Å². The topological polar surface area (TPSA) is 40.6 Å². The molecule has 0 saturated carbocycles. The Morgan fingerprint density at radius 2 is 0.586 bits per heavy atom. The van der Waals surface area contributed by atoms with Gasteiger partial charge in [0.1, 0.15) is 0 Å². The predicted molar refractivity (Wildman–Crippen MR) is 294 cm³/mol. The SMILES string of the molecule is CC1(C)c2cc(N3c4cccc[c]4[Ge]([c]4ccccc4)([c]4ccccc4)[c]4ccccc43)ccc2S(=O)(=O)c2ccc(N3c4cccc[c]4[Ge]([c]4ccccc4)([c]4ccccc4)[c]4ccccc43)cc21. The van der Waals surface area contributed by atoms with Crippen molar-refractivity contribution in [2.75, 3.05) is 9.80 Å². The Morgan fingerprint density at radius 1 is 0.329 bits per heavy atom. The summed E-state index contributed by atoms with van der Waals surface area (Å²) in [6, 6.07) is 92.1. The summed E-state index contributed by atoms with van der Waals surface area (Å²) in [5, 5.41) is 0. The van der Waals surface area contributed by atoms with Gasteiger partial charge >= 0.3 is 419 Å². The molecule has 4 nitrogen and oxygen atoms in total. The molecular weight excluding hydrogens is 994 g/mol. The predicted octanol–water partition coefficient (Wildman–Crippen LogP) is 9.48. The molecule has 3 aliphatic rings. The van der Waals surface area contributed by atoms with Crippen molar-refractivity contribution < 1.29 is 8.42 Å². The van der Waals surface area contributed by atoms with E-state index in [4.69, 9.17) is 0 Å². The Balaban J connectivity index is 0.988. The molecule has 0 bridgehead atoms. The molecule has 0 saturated heterocycles. The van der Waals surface area contributed by atoms with E-state index in [0.717, 1.165) is 45.3 Å². The second kappa shape index (κ2) is 16.2. The molecule has 3 heterocycles. The van der Waals surface area contributed by atoms with Gasteiger partial charge in [-0.25, -0.2) is 0 Å². The summed E-state index contributed by atoms with van der Waals surface area (Å²) in [5.41, 5.74) is 7.25. The third-order valence-corrected chi connectivity index (χ3v) is 37.7. The van der Waals surface area contributed by atoms with Gasteiger partial charge in [-0.1, -0.05) is 0 Å². The van der Waals surface area contributed by atoms with E-state index in [9.17, 15) is 0 Å². The Hall–Kier alpha value is -7.16. The molecule has 3 aliphatic heterocycles. The van der Waals surface area contributed by atoms with Crippen molar-refractivity contribution >= 4 is 106 Å². The van der Waals surface area contributed by atoms with Crippen molar-refractivity contribution in [1.29, 1.82) is 0 Å². The molecule has 0 aliphatic carbocycles. The van der Waals surface area contributed by atoms with E-state index < -0.39 is 41.8 Å². The molecular formula is C63H48Ge2N2O2S. The van der Waals surface area contributed by atoms with Crippen LogP contribution in [-0.2, 0) is 15.3 Å². The van der Waals surface area contributed by atoms with Crippen LogP contribution in [0.5, 0.6) is 0 Å².